The van der Waals surface area contributed by atoms with Gasteiger partial charge in [-0.2, -0.15) is 0 Å². The standard InChI is InChI=1S/C11H5Cl2N3O2S2/c12-8-3-5(9(13)20-8)6-4-19-11(15-6)16-10(17)7-1-2-14-18-7/h1-4H,(H,15,16,17). The van der Waals surface area contributed by atoms with E-state index in [0.29, 0.717) is 19.5 Å². The lowest BCUT2D eigenvalue weighted by atomic mass is 10.3. The zero-order valence-electron chi connectivity index (χ0n) is 9.59. The fraction of sp³-hybridized carbons (Fsp3) is 0. The van der Waals surface area contributed by atoms with E-state index in [2.05, 4.69) is 15.5 Å². The van der Waals surface area contributed by atoms with Crippen LogP contribution >= 0.6 is 45.9 Å². The van der Waals surface area contributed by atoms with E-state index in [1.54, 1.807) is 11.4 Å². The topological polar surface area (TPSA) is 68.0 Å². The number of thiazole rings is 1. The van der Waals surface area contributed by atoms with Gasteiger partial charge in [0.1, 0.15) is 4.34 Å². The molecule has 102 valence electrons. The van der Waals surface area contributed by atoms with Crippen LogP contribution in [0.15, 0.2) is 28.2 Å². The third kappa shape index (κ3) is 2.71. The highest BCUT2D eigenvalue weighted by atomic mass is 35.5. The number of nitrogens with one attached hydrogen (secondary N) is 1. The molecule has 0 aliphatic carbocycles. The Hall–Kier alpha value is -1.41. The Labute approximate surface area is 131 Å². The van der Waals surface area contributed by atoms with Crippen LogP contribution in [0.3, 0.4) is 0 Å². The number of carbonyl (C=O) groups is 1. The highest BCUT2D eigenvalue weighted by Gasteiger charge is 2.15. The van der Waals surface area contributed by atoms with Gasteiger partial charge >= 0.3 is 0 Å². The minimum absolute atomic E-state index is 0.123. The molecule has 3 aromatic rings. The number of aromatic nitrogens is 2. The van der Waals surface area contributed by atoms with E-state index < -0.39 is 5.91 Å². The highest BCUT2D eigenvalue weighted by Crippen LogP contribution is 2.38. The fourth-order valence-electron chi connectivity index (χ4n) is 1.46. The van der Waals surface area contributed by atoms with Crippen molar-refractivity contribution in [1.29, 1.82) is 0 Å². The normalized spacial score (nSPS) is 10.7. The van der Waals surface area contributed by atoms with E-state index in [9.17, 15) is 4.79 Å². The maximum Gasteiger partial charge on any atom is 0.296 e. The molecule has 0 aromatic carbocycles. The second-order valence-corrected chi connectivity index (χ2v) is 6.75. The van der Waals surface area contributed by atoms with Gasteiger partial charge in [-0.1, -0.05) is 28.4 Å². The van der Waals surface area contributed by atoms with Gasteiger partial charge in [-0.05, 0) is 6.07 Å². The minimum Gasteiger partial charge on any atom is -0.351 e. The van der Waals surface area contributed by atoms with Crippen molar-refractivity contribution in [1.82, 2.24) is 10.1 Å². The van der Waals surface area contributed by atoms with Crippen LogP contribution in [-0.2, 0) is 0 Å². The average molecular weight is 346 g/mol. The van der Waals surface area contributed by atoms with Gasteiger partial charge in [0.25, 0.3) is 5.91 Å². The van der Waals surface area contributed by atoms with Crippen molar-refractivity contribution in [2.45, 2.75) is 0 Å². The van der Waals surface area contributed by atoms with E-state index in [4.69, 9.17) is 27.7 Å². The van der Waals surface area contributed by atoms with Gasteiger partial charge in [0.2, 0.25) is 5.76 Å². The largest absolute Gasteiger partial charge is 0.351 e. The average Bonchev–Trinajstić information content (AvgIpc) is 3.10. The zero-order chi connectivity index (χ0) is 14.1. The van der Waals surface area contributed by atoms with Gasteiger partial charge in [0, 0.05) is 17.0 Å². The third-order valence-corrected chi connectivity index (χ3v) is 4.56. The van der Waals surface area contributed by atoms with E-state index in [1.807, 2.05) is 0 Å². The summed E-state index contributed by atoms with van der Waals surface area (Å²) in [4.78, 5) is 16.1. The summed E-state index contributed by atoms with van der Waals surface area (Å²) in [6.07, 6.45) is 1.40. The Balaban J connectivity index is 1.81. The van der Waals surface area contributed by atoms with Crippen LogP contribution in [0.25, 0.3) is 11.3 Å². The molecule has 1 amide bonds. The number of halogens is 2. The second kappa shape index (κ2) is 5.53. The Morgan fingerprint density at radius 3 is 2.90 bits per heavy atom. The Bertz CT molecular complexity index is 752. The summed E-state index contributed by atoms with van der Waals surface area (Å²) in [6.45, 7) is 0. The Morgan fingerprint density at radius 1 is 1.40 bits per heavy atom. The van der Waals surface area contributed by atoms with Crippen LogP contribution in [0.2, 0.25) is 8.67 Å². The van der Waals surface area contributed by atoms with Gasteiger partial charge in [0.05, 0.1) is 16.2 Å². The summed E-state index contributed by atoms with van der Waals surface area (Å²) < 4.78 is 5.91. The molecule has 3 heterocycles. The highest BCUT2D eigenvalue weighted by molar-refractivity contribution is 7.20. The molecule has 9 heteroatoms. The lowest BCUT2D eigenvalue weighted by molar-refractivity contribution is 0.0988. The van der Waals surface area contributed by atoms with Crippen molar-refractivity contribution in [2.75, 3.05) is 5.32 Å². The molecule has 20 heavy (non-hydrogen) atoms. The van der Waals surface area contributed by atoms with Gasteiger partial charge in [0.15, 0.2) is 5.13 Å². The molecule has 0 saturated heterocycles. The summed E-state index contributed by atoms with van der Waals surface area (Å²) in [7, 11) is 0. The first-order valence-electron chi connectivity index (χ1n) is 5.26. The second-order valence-electron chi connectivity index (χ2n) is 3.61. The van der Waals surface area contributed by atoms with E-state index in [1.165, 1.54) is 34.9 Å². The number of thiophene rings is 1. The molecule has 0 atom stereocenters. The van der Waals surface area contributed by atoms with Crippen molar-refractivity contribution in [2.24, 2.45) is 0 Å². The van der Waals surface area contributed by atoms with Crippen LogP contribution < -0.4 is 5.32 Å². The molecule has 3 rings (SSSR count). The monoisotopic (exact) mass is 345 g/mol. The SMILES string of the molecule is O=C(Nc1nc(-c2cc(Cl)sc2Cl)cs1)c1ccno1. The van der Waals surface area contributed by atoms with Crippen molar-refractivity contribution < 1.29 is 9.32 Å². The number of amides is 1. The summed E-state index contributed by atoms with van der Waals surface area (Å²) in [6, 6.07) is 3.21. The molecule has 1 N–H and O–H groups in total. The van der Waals surface area contributed by atoms with E-state index in [0.717, 1.165) is 5.56 Å². The molecule has 0 radical (unpaired) electrons. The van der Waals surface area contributed by atoms with Crippen molar-refractivity contribution in [3.8, 4) is 11.3 Å². The van der Waals surface area contributed by atoms with Crippen molar-refractivity contribution in [3.63, 3.8) is 0 Å². The lowest BCUT2D eigenvalue weighted by Crippen LogP contribution is -2.10. The molecular weight excluding hydrogens is 341 g/mol. The van der Waals surface area contributed by atoms with Crippen LogP contribution in [0.1, 0.15) is 10.6 Å². The summed E-state index contributed by atoms with van der Waals surface area (Å²) >= 11 is 14.5. The predicted molar refractivity (Wildman–Crippen MR) is 79.9 cm³/mol. The molecule has 0 spiro atoms. The molecule has 5 nitrogen and oxygen atoms in total. The lowest BCUT2D eigenvalue weighted by Gasteiger charge is -1.96. The molecule has 0 unspecified atom stereocenters. The smallest absolute Gasteiger partial charge is 0.296 e. The molecule has 3 aromatic heterocycles. The van der Waals surface area contributed by atoms with Crippen LogP contribution in [0.4, 0.5) is 5.13 Å². The maximum absolute atomic E-state index is 11.8. The number of anilines is 1. The fourth-order valence-corrected chi connectivity index (χ4v) is 3.65. The van der Waals surface area contributed by atoms with E-state index >= 15 is 0 Å². The zero-order valence-corrected chi connectivity index (χ0v) is 12.7. The molecular formula is C11H5Cl2N3O2S2. The van der Waals surface area contributed by atoms with Gasteiger partial charge in [-0.3, -0.25) is 10.1 Å². The first-order valence-corrected chi connectivity index (χ1v) is 7.71. The third-order valence-electron chi connectivity index (χ3n) is 2.32. The maximum atomic E-state index is 11.8. The van der Waals surface area contributed by atoms with Crippen LogP contribution in [0, 0.1) is 0 Å². The summed E-state index contributed by atoms with van der Waals surface area (Å²) in [5.41, 5.74) is 1.41. The van der Waals surface area contributed by atoms with Gasteiger partial charge in [-0.15, -0.1) is 22.7 Å². The number of hydrogen-bond acceptors (Lipinski definition) is 6. The van der Waals surface area contributed by atoms with Crippen molar-refractivity contribution >= 4 is 56.9 Å². The van der Waals surface area contributed by atoms with Crippen molar-refractivity contribution in [3.05, 3.63) is 38.1 Å². The van der Waals surface area contributed by atoms with Gasteiger partial charge in [-0.25, -0.2) is 4.98 Å². The van der Waals surface area contributed by atoms with Crippen LogP contribution in [0.5, 0.6) is 0 Å². The quantitative estimate of drug-likeness (QED) is 0.762. The van der Waals surface area contributed by atoms with Crippen LogP contribution in [-0.4, -0.2) is 16.0 Å². The number of rotatable bonds is 3. The molecule has 0 aliphatic heterocycles. The Morgan fingerprint density at radius 2 is 2.25 bits per heavy atom. The van der Waals surface area contributed by atoms with Gasteiger partial charge < -0.3 is 4.52 Å². The molecule has 0 saturated carbocycles. The molecule has 0 fully saturated rings. The summed E-state index contributed by atoms with van der Waals surface area (Å²) in [5.74, 6) is -0.281. The number of nitrogens with zero attached hydrogens (tertiary/aromatic N) is 2. The first kappa shape index (κ1) is 13.6. The molecule has 0 bridgehead atoms. The summed E-state index contributed by atoms with van der Waals surface area (Å²) in [5, 5.41) is 8.33. The first-order chi connectivity index (χ1) is 9.63. The number of carbonyl (C=O) groups excluding carboxylic acids is 1. The number of hydrogen-bond donors (Lipinski definition) is 1. The minimum atomic E-state index is -0.405. The predicted octanol–water partition coefficient (Wildman–Crippen LogP) is 4.42. The van der Waals surface area contributed by atoms with E-state index in [-0.39, 0.29) is 5.76 Å². The molecule has 0 aliphatic rings. The Kier molecular flexibility index (Phi) is 3.75.